The Bertz CT molecular complexity index is 1240. The maximum Gasteiger partial charge on any atom is 0.264 e. The van der Waals surface area contributed by atoms with Crippen molar-refractivity contribution in [3.8, 4) is 23.1 Å². The van der Waals surface area contributed by atoms with Crippen molar-refractivity contribution in [2.45, 2.75) is 39.8 Å². The predicted molar refractivity (Wildman–Crippen MR) is 135 cm³/mol. The zero-order valence-corrected chi connectivity index (χ0v) is 20.7. The molecule has 6 nitrogen and oxygen atoms in total. The number of carbonyl (C=O) groups excluding carboxylic acids is 1. The summed E-state index contributed by atoms with van der Waals surface area (Å²) in [5.74, 6) is 1.79. The van der Waals surface area contributed by atoms with Gasteiger partial charge in [0.2, 0.25) is 5.88 Å². The summed E-state index contributed by atoms with van der Waals surface area (Å²) in [6, 6.07) is 21.2. The molecule has 1 unspecified atom stereocenters. The summed E-state index contributed by atoms with van der Waals surface area (Å²) in [7, 11) is 1.62. The molecule has 1 atom stereocenters. The molecule has 0 spiro atoms. The summed E-state index contributed by atoms with van der Waals surface area (Å²) in [5.41, 5.74) is 2.54. The number of amides is 1. The molecule has 1 amide bonds. The molecule has 2 aromatic heterocycles. The summed E-state index contributed by atoms with van der Waals surface area (Å²) < 4.78 is 13.8. The number of ether oxygens (including phenoxy) is 2. The van der Waals surface area contributed by atoms with Gasteiger partial charge in [0.1, 0.15) is 0 Å². The third kappa shape index (κ3) is 4.84. The minimum Gasteiger partial charge on any atom is -0.493 e. The maximum absolute atomic E-state index is 13.4. The molecule has 176 valence electrons. The molecule has 0 fully saturated rings. The normalized spacial score (nSPS) is 11.8. The number of carbonyl (C=O) groups is 1. The summed E-state index contributed by atoms with van der Waals surface area (Å²) in [4.78, 5) is 16.0. The van der Waals surface area contributed by atoms with Crippen LogP contribution < -0.4 is 9.47 Å². The first kappa shape index (κ1) is 23.6. The number of nitrogens with zero attached hydrogens (tertiary/aromatic N) is 3. The van der Waals surface area contributed by atoms with Crippen LogP contribution in [0.3, 0.4) is 0 Å². The topological polar surface area (TPSA) is 56.6 Å². The summed E-state index contributed by atoms with van der Waals surface area (Å²) in [6.45, 7) is 6.50. The quantitative estimate of drug-likeness (QED) is 0.278. The van der Waals surface area contributed by atoms with Gasteiger partial charge < -0.3 is 14.4 Å². The minimum atomic E-state index is 0.0134. The van der Waals surface area contributed by atoms with Crippen LogP contribution >= 0.6 is 11.3 Å². The largest absolute Gasteiger partial charge is 0.493 e. The lowest BCUT2D eigenvalue weighted by atomic mass is 10.1. The SMILES string of the molecule is CCC(C)N(Cc1c(C)nn(-c2ccccc2)c1Oc1ccccc1OC)C(=O)c1cccs1. The van der Waals surface area contributed by atoms with Crippen molar-refractivity contribution in [3.05, 3.63) is 88.2 Å². The van der Waals surface area contributed by atoms with Crippen LogP contribution in [0, 0.1) is 6.92 Å². The minimum absolute atomic E-state index is 0.0134. The Morgan fingerprint density at radius 3 is 2.41 bits per heavy atom. The van der Waals surface area contributed by atoms with E-state index in [1.165, 1.54) is 11.3 Å². The van der Waals surface area contributed by atoms with Gasteiger partial charge in [-0.15, -0.1) is 11.3 Å². The van der Waals surface area contributed by atoms with Crippen LogP contribution in [-0.2, 0) is 6.54 Å². The van der Waals surface area contributed by atoms with Gasteiger partial charge in [0.25, 0.3) is 5.91 Å². The molecule has 4 rings (SSSR count). The molecule has 0 radical (unpaired) electrons. The van der Waals surface area contributed by atoms with Gasteiger partial charge in [0.05, 0.1) is 35.5 Å². The first-order chi connectivity index (χ1) is 16.5. The Labute approximate surface area is 204 Å². The van der Waals surface area contributed by atoms with E-state index in [1.54, 1.807) is 11.8 Å². The van der Waals surface area contributed by atoms with E-state index in [0.717, 1.165) is 28.2 Å². The molecule has 0 aliphatic carbocycles. The number of thiophene rings is 1. The first-order valence-corrected chi connectivity index (χ1v) is 12.2. The lowest BCUT2D eigenvalue weighted by molar-refractivity contribution is 0.0675. The van der Waals surface area contributed by atoms with Crippen molar-refractivity contribution < 1.29 is 14.3 Å². The van der Waals surface area contributed by atoms with E-state index in [4.69, 9.17) is 14.6 Å². The van der Waals surface area contributed by atoms with Crippen LogP contribution in [0.2, 0.25) is 0 Å². The average Bonchev–Trinajstić information content (AvgIpc) is 3.51. The Balaban J connectivity index is 1.81. The molecule has 2 aromatic carbocycles. The number of hydrogen-bond acceptors (Lipinski definition) is 5. The smallest absolute Gasteiger partial charge is 0.264 e. The van der Waals surface area contributed by atoms with Gasteiger partial charge in [0.15, 0.2) is 11.5 Å². The third-order valence-corrected chi connectivity index (χ3v) is 6.72. The Kier molecular flexibility index (Phi) is 7.33. The Morgan fingerprint density at radius 2 is 1.76 bits per heavy atom. The van der Waals surface area contributed by atoms with Gasteiger partial charge in [-0.1, -0.05) is 43.3 Å². The molecule has 0 aliphatic rings. The number of rotatable bonds is 9. The van der Waals surface area contributed by atoms with Gasteiger partial charge in [0, 0.05) is 6.04 Å². The highest BCUT2D eigenvalue weighted by molar-refractivity contribution is 7.12. The predicted octanol–water partition coefficient (Wildman–Crippen LogP) is 6.48. The second-order valence-corrected chi connectivity index (χ2v) is 8.98. The van der Waals surface area contributed by atoms with Crippen LogP contribution in [-0.4, -0.2) is 33.7 Å². The first-order valence-electron chi connectivity index (χ1n) is 11.3. The fraction of sp³-hybridized carbons (Fsp3) is 0.259. The molecule has 4 aromatic rings. The van der Waals surface area contributed by atoms with Crippen molar-refractivity contribution >= 4 is 17.2 Å². The number of aryl methyl sites for hydroxylation is 1. The molecule has 34 heavy (non-hydrogen) atoms. The molecule has 7 heteroatoms. The van der Waals surface area contributed by atoms with E-state index in [2.05, 4.69) is 13.8 Å². The monoisotopic (exact) mass is 475 g/mol. The van der Waals surface area contributed by atoms with Crippen LogP contribution in [0.4, 0.5) is 0 Å². The van der Waals surface area contributed by atoms with E-state index in [-0.39, 0.29) is 11.9 Å². The Morgan fingerprint density at radius 1 is 1.06 bits per heavy atom. The number of benzene rings is 2. The van der Waals surface area contributed by atoms with E-state index in [1.807, 2.05) is 83.9 Å². The van der Waals surface area contributed by atoms with Crippen molar-refractivity contribution in [2.24, 2.45) is 0 Å². The van der Waals surface area contributed by atoms with E-state index in [0.29, 0.717) is 23.9 Å². The van der Waals surface area contributed by atoms with Gasteiger partial charge in [-0.05, 0) is 56.0 Å². The highest BCUT2D eigenvalue weighted by Gasteiger charge is 2.27. The van der Waals surface area contributed by atoms with E-state index in [9.17, 15) is 4.79 Å². The van der Waals surface area contributed by atoms with Crippen molar-refractivity contribution in [3.63, 3.8) is 0 Å². The Hall–Kier alpha value is -3.58. The fourth-order valence-electron chi connectivity index (χ4n) is 3.74. The van der Waals surface area contributed by atoms with E-state index < -0.39 is 0 Å². The summed E-state index contributed by atoms with van der Waals surface area (Å²) in [6.07, 6.45) is 0.839. The van der Waals surface area contributed by atoms with Crippen LogP contribution in [0.25, 0.3) is 5.69 Å². The van der Waals surface area contributed by atoms with Crippen molar-refractivity contribution in [1.29, 1.82) is 0 Å². The number of para-hydroxylation sites is 3. The van der Waals surface area contributed by atoms with Crippen molar-refractivity contribution in [1.82, 2.24) is 14.7 Å². The van der Waals surface area contributed by atoms with Gasteiger partial charge in [-0.25, -0.2) is 4.68 Å². The molecule has 0 N–H and O–H groups in total. The summed E-state index contributed by atoms with van der Waals surface area (Å²) >= 11 is 1.46. The summed E-state index contributed by atoms with van der Waals surface area (Å²) in [5, 5.41) is 6.74. The van der Waals surface area contributed by atoms with Crippen LogP contribution in [0.5, 0.6) is 17.4 Å². The molecule has 0 saturated carbocycles. The van der Waals surface area contributed by atoms with Gasteiger partial charge in [-0.3, -0.25) is 4.79 Å². The van der Waals surface area contributed by atoms with Crippen molar-refractivity contribution in [2.75, 3.05) is 7.11 Å². The second-order valence-electron chi connectivity index (χ2n) is 8.04. The number of aromatic nitrogens is 2. The number of hydrogen-bond donors (Lipinski definition) is 0. The van der Waals surface area contributed by atoms with Crippen LogP contribution in [0.15, 0.2) is 72.1 Å². The zero-order chi connectivity index (χ0) is 24.1. The highest BCUT2D eigenvalue weighted by Crippen LogP contribution is 2.36. The fourth-order valence-corrected chi connectivity index (χ4v) is 4.42. The highest BCUT2D eigenvalue weighted by atomic mass is 32.1. The molecule has 0 aliphatic heterocycles. The lowest BCUT2D eigenvalue weighted by Gasteiger charge is -2.28. The third-order valence-electron chi connectivity index (χ3n) is 5.86. The molecular weight excluding hydrogens is 446 g/mol. The van der Waals surface area contributed by atoms with Gasteiger partial charge in [-0.2, -0.15) is 5.10 Å². The van der Waals surface area contributed by atoms with Gasteiger partial charge >= 0.3 is 0 Å². The number of methoxy groups -OCH3 is 1. The average molecular weight is 476 g/mol. The molecule has 0 bridgehead atoms. The zero-order valence-electron chi connectivity index (χ0n) is 19.9. The van der Waals surface area contributed by atoms with Crippen LogP contribution in [0.1, 0.15) is 41.2 Å². The second kappa shape index (κ2) is 10.6. The molecule has 2 heterocycles. The standard InChI is InChI=1S/C27H29N3O3S/c1-5-19(2)29(26(31)25-16-11-17-34-25)18-22-20(3)28-30(21-12-7-6-8-13-21)27(22)33-24-15-10-9-14-23(24)32-4/h6-17,19H,5,18H2,1-4H3. The molecule has 0 saturated heterocycles. The maximum atomic E-state index is 13.4. The van der Waals surface area contributed by atoms with E-state index >= 15 is 0 Å². The molecular formula is C27H29N3O3S. The lowest BCUT2D eigenvalue weighted by Crippen LogP contribution is -2.37.